The van der Waals surface area contributed by atoms with Crippen molar-refractivity contribution in [2.45, 2.75) is 23.8 Å². The Morgan fingerprint density at radius 1 is 1.80 bits per heavy atom. The minimum Gasteiger partial charge on any atom is -0.480 e. The Hall–Kier alpha value is -0.510. The lowest BCUT2D eigenvalue weighted by Gasteiger charge is -1.98. The van der Waals surface area contributed by atoms with Gasteiger partial charge in [-0.1, -0.05) is 6.92 Å². The number of Topliss-reactive ketones (excluding diaryl/α,β-unsaturated/α-hetero) is 1. The zero-order valence-electron chi connectivity index (χ0n) is 5.53. The van der Waals surface area contributed by atoms with Crippen molar-refractivity contribution in [1.82, 2.24) is 0 Å². The average molecular weight is 160 g/mol. The third-order valence-electron chi connectivity index (χ3n) is 1.37. The van der Waals surface area contributed by atoms with E-state index in [0.29, 0.717) is 6.42 Å². The molecule has 0 spiro atoms. The molecule has 10 heavy (non-hydrogen) atoms. The summed E-state index contributed by atoms with van der Waals surface area (Å²) in [5, 5.41) is 7.84. The van der Waals surface area contributed by atoms with Gasteiger partial charge in [-0.25, -0.2) is 0 Å². The number of aliphatic carboxylic acids is 1. The number of ketones is 1. The van der Waals surface area contributed by atoms with Crippen LogP contribution in [-0.2, 0) is 9.59 Å². The molecule has 0 saturated carbocycles. The normalized spacial score (nSPS) is 32.7. The van der Waals surface area contributed by atoms with Crippen LogP contribution in [0.5, 0.6) is 0 Å². The first kappa shape index (κ1) is 7.60. The molecule has 1 N–H and O–H groups in total. The van der Waals surface area contributed by atoms with Crippen molar-refractivity contribution in [3.63, 3.8) is 0 Å². The predicted molar refractivity (Wildman–Crippen MR) is 38.1 cm³/mol. The lowest BCUT2D eigenvalue weighted by atomic mass is 10.2. The van der Waals surface area contributed by atoms with Crippen molar-refractivity contribution in [1.29, 1.82) is 0 Å². The van der Waals surface area contributed by atoms with Crippen LogP contribution in [0.4, 0.5) is 0 Å². The Balaban J connectivity index is 2.63. The van der Waals surface area contributed by atoms with E-state index in [1.54, 1.807) is 0 Å². The van der Waals surface area contributed by atoms with E-state index in [2.05, 4.69) is 0 Å². The molecule has 56 valence electrons. The largest absolute Gasteiger partial charge is 0.480 e. The highest BCUT2D eigenvalue weighted by molar-refractivity contribution is 8.02. The van der Waals surface area contributed by atoms with Gasteiger partial charge in [-0.3, -0.25) is 9.59 Å². The first-order valence-electron chi connectivity index (χ1n) is 3.02. The summed E-state index contributed by atoms with van der Waals surface area (Å²) in [6.45, 7) is 1.87. The van der Waals surface area contributed by atoms with Gasteiger partial charge in [0.15, 0.2) is 11.0 Å². The van der Waals surface area contributed by atoms with Gasteiger partial charge in [-0.15, -0.1) is 11.8 Å². The number of carbonyl (C=O) groups is 2. The average Bonchev–Trinajstić information content (AvgIpc) is 2.10. The van der Waals surface area contributed by atoms with Crippen LogP contribution in [0.15, 0.2) is 0 Å². The molecule has 1 aliphatic heterocycles. The fourth-order valence-corrected chi connectivity index (χ4v) is 2.03. The molecular formula is C6H8O3S. The Morgan fingerprint density at radius 2 is 2.40 bits per heavy atom. The molecule has 1 aliphatic rings. The molecule has 2 unspecified atom stereocenters. The van der Waals surface area contributed by atoms with Crippen molar-refractivity contribution < 1.29 is 14.7 Å². The maximum Gasteiger partial charge on any atom is 0.324 e. The van der Waals surface area contributed by atoms with E-state index in [9.17, 15) is 9.59 Å². The number of carboxylic acids is 1. The minimum atomic E-state index is -1.00. The predicted octanol–water partition coefficient (Wildman–Crippen LogP) is 0.534. The summed E-state index contributed by atoms with van der Waals surface area (Å²) in [5.74, 6) is -1.15. The molecule has 2 atom stereocenters. The van der Waals surface area contributed by atoms with Crippen molar-refractivity contribution in [2.75, 3.05) is 0 Å². The van der Waals surface area contributed by atoms with Crippen LogP contribution in [0.3, 0.4) is 0 Å². The molecule has 0 aliphatic carbocycles. The second-order valence-corrected chi connectivity index (χ2v) is 3.88. The van der Waals surface area contributed by atoms with Crippen LogP contribution in [0, 0.1) is 0 Å². The van der Waals surface area contributed by atoms with Gasteiger partial charge in [-0.2, -0.15) is 0 Å². The van der Waals surface area contributed by atoms with E-state index >= 15 is 0 Å². The molecule has 0 radical (unpaired) electrons. The Kier molecular flexibility index (Phi) is 1.99. The lowest BCUT2D eigenvalue weighted by Crippen LogP contribution is -2.21. The number of hydrogen-bond donors (Lipinski definition) is 1. The summed E-state index contributed by atoms with van der Waals surface area (Å²) in [6, 6.07) is 0. The van der Waals surface area contributed by atoms with Gasteiger partial charge >= 0.3 is 5.97 Å². The lowest BCUT2D eigenvalue weighted by molar-refractivity contribution is -0.139. The standard InChI is InChI=1S/C6H8O3S/c1-3-2-4(7)5(10-3)6(8)9/h3,5H,2H2,1H3,(H,8,9). The van der Waals surface area contributed by atoms with Crippen LogP contribution >= 0.6 is 11.8 Å². The molecule has 3 nitrogen and oxygen atoms in total. The molecule has 0 aromatic rings. The minimum absolute atomic E-state index is 0.148. The zero-order valence-corrected chi connectivity index (χ0v) is 6.35. The summed E-state index contributed by atoms with van der Waals surface area (Å²) in [5.41, 5.74) is 0. The molecule has 0 aromatic carbocycles. The topological polar surface area (TPSA) is 54.4 Å². The van der Waals surface area contributed by atoms with Crippen molar-refractivity contribution in [2.24, 2.45) is 0 Å². The van der Waals surface area contributed by atoms with Gasteiger partial charge in [0.1, 0.15) is 0 Å². The van der Waals surface area contributed by atoms with E-state index < -0.39 is 11.2 Å². The highest BCUT2D eigenvalue weighted by Gasteiger charge is 2.35. The molecule has 0 amide bonds. The molecule has 1 saturated heterocycles. The fraction of sp³-hybridized carbons (Fsp3) is 0.667. The van der Waals surface area contributed by atoms with E-state index in [1.807, 2.05) is 6.92 Å². The van der Waals surface area contributed by atoms with Crippen LogP contribution < -0.4 is 0 Å². The molecule has 0 aromatic heterocycles. The van der Waals surface area contributed by atoms with Gasteiger partial charge in [0.25, 0.3) is 0 Å². The molecule has 1 heterocycles. The SMILES string of the molecule is CC1CC(=O)C(C(=O)O)S1. The fourth-order valence-electron chi connectivity index (χ4n) is 0.943. The van der Waals surface area contributed by atoms with Crippen LogP contribution in [0.25, 0.3) is 0 Å². The van der Waals surface area contributed by atoms with Gasteiger partial charge < -0.3 is 5.11 Å². The summed E-state index contributed by atoms with van der Waals surface area (Å²) in [6.07, 6.45) is 0.404. The van der Waals surface area contributed by atoms with E-state index in [-0.39, 0.29) is 11.0 Å². The molecule has 4 heteroatoms. The number of hydrogen-bond acceptors (Lipinski definition) is 3. The van der Waals surface area contributed by atoms with Gasteiger partial charge in [0.05, 0.1) is 0 Å². The third-order valence-corrected chi connectivity index (χ3v) is 2.74. The van der Waals surface area contributed by atoms with E-state index in [1.165, 1.54) is 11.8 Å². The second kappa shape index (κ2) is 2.62. The van der Waals surface area contributed by atoms with Crippen LogP contribution in [-0.4, -0.2) is 27.4 Å². The molecular weight excluding hydrogens is 152 g/mol. The number of carboxylic acid groups (broad SMARTS) is 1. The summed E-state index contributed by atoms with van der Waals surface area (Å²) >= 11 is 1.23. The highest BCUT2D eigenvalue weighted by Crippen LogP contribution is 2.30. The summed E-state index contributed by atoms with van der Waals surface area (Å²) in [4.78, 5) is 21.1. The zero-order chi connectivity index (χ0) is 7.72. The third kappa shape index (κ3) is 1.31. The Bertz CT molecular complexity index is 178. The van der Waals surface area contributed by atoms with E-state index in [4.69, 9.17) is 5.11 Å². The smallest absolute Gasteiger partial charge is 0.324 e. The first-order chi connectivity index (χ1) is 4.61. The maximum atomic E-state index is 10.8. The van der Waals surface area contributed by atoms with Crippen molar-refractivity contribution in [3.05, 3.63) is 0 Å². The Labute approximate surface area is 62.8 Å². The van der Waals surface area contributed by atoms with Crippen LogP contribution in [0.1, 0.15) is 13.3 Å². The monoisotopic (exact) mass is 160 g/mol. The quantitative estimate of drug-likeness (QED) is 0.568. The molecule has 1 rings (SSSR count). The molecule has 0 bridgehead atoms. The van der Waals surface area contributed by atoms with Gasteiger partial charge in [0, 0.05) is 11.7 Å². The summed E-state index contributed by atoms with van der Waals surface area (Å²) < 4.78 is 0. The van der Waals surface area contributed by atoms with Crippen molar-refractivity contribution in [3.8, 4) is 0 Å². The van der Waals surface area contributed by atoms with Gasteiger partial charge in [0.2, 0.25) is 0 Å². The first-order valence-corrected chi connectivity index (χ1v) is 3.96. The Morgan fingerprint density at radius 3 is 2.60 bits per heavy atom. The number of carbonyl (C=O) groups excluding carboxylic acids is 1. The van der Waals surface area contributed by atoms with E-state index in [0.717, 1.165) is 0 Å². The van der Waals surface area contributed by atoms with Crippen molar-refractivity contribution >= 4 is 23.5 Å². The molecule has 1 fully saturated rings. The highest BCUT2D eigenvalue weighted by atomic mass is 32.2. The maximum absolute atomic E-state index is 10.8. The van der Waals surface area contributed by atoms with Crippen LogP contribution in [0.2, 0.25) is 0 Å². The van der Waals surface area contributed by atoms with Gasteiger partial charge in [-0.05, 0) is 0 Å². The summed E-state index contributed by atoms with van der Waals surface area (Å²) in [7, 11) is 0. The second-order valence-electron chi connectivity index (χ2n) is 2.34. The number of thioether (sulfide) groups is 1. The number of rotatable bonds is 1.